The zero-order chi connectivity index (χ0) is 19.3. The third-order valence-electron chi connectivity index (χ3n) is 4.18. The normalized spacial score (nSPS) is 11.4. The van der Waals surface area contributed by atoms with Crippen molar-refractivity contribution in [3.05, 3.63) is 61.3 Å². The van der Waals surface area contributed by atoms with Crippen LogP contribution in [0.25, 0.3) is 22.6 Å². The minimum Gasteiger partial charge on any atom is -0.337 e. The van der Waals surface area contributed by atoms with Crippen molar-refractivity contribution >= 4 is 34.4 Å². The number of rotatable bonds is 3. The maximum atomic E-state index is 12.5. The highest BCUT2D eigenvalue weighted by Crippen LogP contribution is 2.25. The third kappa shape index (κ3) is 2.75. The van der Waals surface area contributed by atoms with Crippen LogP contribution < -0.4 is 11.2 Å². The molecule has 0 aliphatic heterocycles. The summed E-state index contributed by atoms with van der Waals surface area (Å²) < 4.78 is 8.93. The maximum absolute atomic E-state index is 12.5. The molecule has 3 aromatic heterocycles. The van der Waals surface area contributed by atoms with Gasteiger partial charge in [-0.1, -0.05) is 28.9 Å². The molecule has 138 valence electrons. The molecular formula is C16H12Cl2N6O3. The summed E-state index contributed by atoms with van der Waals surface area (Å²) in [7, 11) is 2.90. The molecule has 0 saturated carbocycles. The first kappa shape index (κ1) is 17.5. The van der Waals surface area contributed by atoms with Crippen molar-refractivity contribution in [3.63, 3.8) is 0 Å². The lowest BCUT2D eigenvalue weighted by atomic mass is 10.2. The predicted molar refractivity (Wildman–Crippen MR) is 99.1 cm³/mol. The molecule has 11 heteroatoms. The fourth-order valence-electron chi connectivity index (χ4n) is 2.77. The van der Waals surface area contributed by atoms with E-state index in [1.165, 1.54) is 23.2 Å². The van der Waals surface area contributed by atoms with Crippen molar-refractivity contribution in [1.29, 1.82) is 0 Å². The van der Waals surface area contributed by atoms with Gasteiger partial charge >= 0.3 is 5.69 Å². The largest absolute Gasteiger partial charge is 0.337 e. The Hall–Kier alpha value is -2.91. The summed E-state index contributed by atoms with van der Waals surface area (Å²) in [6, 6.07) is 7.09. The predicted octanol–water partition coefficient (Wildman–Crippen LogP) is 1.84. The fraction of sp³-hybridized carbons (Fsp3) is 0.188. The summed E-state index contributed by atoms with van der Waals surface area (Å²) >= 11 is 12.3. The molecule has 0 N–H and O–H groups in total. The van der Waals surface area contributed by atoms with E-state index in [4.69, 9.17) is 27.7 Å². The SMILES string of the molecule is Cn1c(=O)c2c(nc(Cl)n2Cc2nc(-c3ccccc3Cl)no2)n(C)c1=O. The van der Waals surface area contributed by atoms with Crippen LogP contribution in [0.3, 0.4) is 0 Å². The molecule has 0 aliphatic rings. The molecule has 0 bridgehead atoms. The number of hydrogen-bond donors (Lipinski definition) is 0. The standard InChI is InChI=1S/C16H12Cl2N6O3/c1-22-13-11(14(25)23(2)16(22)26)24(15(18)20-13)7-10-19-12(21-27-10)8-5-3-4-6-9(8)17/h3-6H,7H2,1-2H3. The first-order valence-corrected chi connectivity index (χ1v) is 8.53. The lowest BCUT2D eigenvalue weighted by Gasteiger charge is -2.05. The molecule has 0 radical (unpaired) electrons. The molecule has 3 heterocycles. The van der Waals surface area contributed by atoms with E-state index in [-0.39, 0.29) is 28.9 Å². The van der Waals surface area contributed by atoms with Crippen molar-refractivity contribution < 1.29 is 4.52 Å². The molecule has 1 aromatic carbocycles. The topological polar surface area (TPSA) is 101 Å². The number of aromatic nitrogens is 6. The van der Waals surface area contributed by atoms with Crippen LogP contribution in [-0.2, 0) is 20.6 Å². The Morgan fingerprint density at radius 3 is 2.56 bits per heavy atom. The molecule has 27 heavy (non-hydrogen) atoms. The van der Waals surface area contributed by atoms with Crippen molar-refractivity contribution in [1.82, 2.24) is 28.8 Å². The molecule has 0 atom stereocenters. The van der Waals surface area contributed by atoms with Gasteiger partial charge in [-0.25, -0.2) is 4.79 Å². The van der Waals surface area contributed by atoms with E-state index in [0.29, 0.717) is 16.4 Å². The number of nitrogens with zero attached hydrogens (tertiary/aromatic N) is 6. The van der Waals surface area contributed by atoms with Gasteiger partial charge in [-0.3, -0.25) is 18.5 Å². The summed E-state index contributed by atoms with van der Waals surface area (Å²) in [6.45, 7) is 0.0141. The lowest BCUT2D eigenvalue weighted by Crippen LogP contribution is -2.37. The molecule has 0 fully saturated rings. The molecule has 4 aromatic rings. The van der Waals surface area contributed by atoms with Crippen LogP contribution in [0.5, 0.6) is 0 Å². The average Bonchev–Trinajstić information content (AvgIpc) is 3.24. The number of hydrogen-bond acceptors (Lipinski definition) is 6. The molecule has 0 saturated heterocycles. The number of aryl methyl sites for hydroxylation is 1. The Balaban J connectivity index is 1.82. The molecule has 0 spiro atoms. The van der Waals surface area contributed by atoms with E-state index in [9.17, 15) is 9.59 Å². The van der Waals surface area contributed by atoms with Crippen LogP contribution in [0.15, 0.2) is 38.4 Å². The fourth-order valence-corrected chi connectivity index (χ4v) is 3.22. The Kier molecular flexibility index (Phi) is 4.12. The van der Waals surface area contributed by atoms with Gasteiger partial charge in [0, 0.05) is 19.7 Å². The van der Waals surface area contributed by atoms with Gasteiger partial charge in [0.1, 0.15) is 6.54 Å². The Bertz CT molecular complexity index is 1300. The number of halogens is 2. The molecule has 4 rings (SSSR count). The van der Waals surface area contributed by atoms with Crippen molar-refractivity contribution in [2.45, 2.75) is 6.54 Å². The highest BCUT2D eigenvalue weighted by atomic mass is 35.5. The van der Waals surface area contributed by atoms with Crippen molar-refractivity contribution in [3.8, 4) is 11.4 Å². The molecule has 0 amide bonds. The van der Waals surface area contributed by atoms with E-state index >= 15 is 0 Å². The summed E-state index contributed by atoms with van der Waals surface area (Å²) in [6.07, 6.45) is 0. The van der Waals surface area contributed by atoms with E-state index < -0.39 is 11.2 Å². The Morgan fingerprint density at radius 2 is 1.81 bits per heavy atom. The van der Waals surface area contributed by atoms with Gasteiger partial charge in [-0.15, -0.1) is 0 Å². The van der Waals surface area contributed by atoms with Gasteiger partial charge in [0.15, 0.2) is 11.2 Å². The highest BCUT2D eigenvalue weighted by molar-refractivity contribution is 6.33. The maximum Gasteiger partial charge on any atom is 0.332 e. The van der Waals surface area contributed by atoms with Crippen LogP contribution in [0.1, 0.15) is 5.89 Å². The second-order valence-corrected chi connectivity index (χ2v) is 6.58. The quantitative estimate of drug-likeness (QED) is 0.481. The van der Waals surface area contributed by atoms with Gasteiger partial charge in [-0.2, -0.15) is 9.97 Å². The second-order valence-electron chi connectivity index (χ2n) is 5.84. The van der Waals surface area contributed by atoms with E-state index in [1.54, 1.807) is 18.2 Å². The molecular weight excluding hydrogens is 395 g/mol. The zero-order valence-electron chi connectivity index (χ0n) is 14.2. The summed E-state index contributed by atoms with van der Waals surface area (Å²) in [5, 5.41) is 4.44. The Morgan fingerprint density at radius 1 is 1.07 bits per heavy atom. The lowest BCUT2D eigenvalue weighted by molar-refractivity contribution is 0.372. The molecule has 0 aliphatic carbocycles. The van der Waals surface area contributed by atoms with E-state index in [2.05, 4.69) is 15.1 Å². The summed E-state index contributed by atoms with van der Waals surface area (Å²) in [5.74, 6) is 0.526. The first-order chi connectivity index (χ1) is 12.9. The number of imidazole rings is 1. The monoisotopic (exact) mass is 406 g/mol. The van der Waals surface area contributed by atoms with E-state index in [0.717, 1.165) is 4.57 Å². The number of fused-ring (bicyclic) bond motifs is 1. The third-order valence-corrected chi connectivity index (χ3v) is 4.80. The molecule has 9 nitrogen and oxygen atoms in total. The van der Waals surface area contributed by atoms with Gasteiger partial charge in [0.25, 0.3) is 5.56 Å². The van der Waals surface area contributed by atoms with Crippen LogP contribution in [-0.4, -0.2) is 28.8 Å². The van der Waals surface area contributed by atoms with Crippen molar-refractivity contribution in [2.24, 2.45) is 14.1 Å². The van der Waals surface area contributed by atoms with Gasteiger partial charge in [0.2, 0.25) is 17.0 Å². The van der Waals surface area contributed by atoms with Gasteiger partial charge < -0.3 is 4.52 Å². The van der Waals surface area contributed by atoms with Crippen LogP contribution in [0, 0.1) is 0 Å². The average molecular weight is 407 g/mol. The van der Waals surface area contributed by atoms with E-state index in [1.807, 2.05) is 6.07 Å². The number of benzene rings is 1. The summed E-state index contributed by atoms with van der Waals surface area (Å²) in [4.78, 5) is 33.0. The van der Waals surface area contributed by atoms with Gasteiger partial charge in [-0.05, 0) is 23.7 Å². The van der Waals surface area contributed by atoms with Gasteiger partial charge in [0.05, 0.1) is 5.02 Å². The van der Waals surface area contributed by atoms with Crippen LogP contribution >= 0.6 is 23.2 Å². The van der Waals surface area contributed by atoms with Crippen LogP contribution in [0.2, 0.25) is 10.3 Å². The van der Waals surface area contributed by atoms with Crippen molar-refractivity contribution in [2.75, 3.05) is 0 Å². The zero-order valence-corrected chi connectivity index (χ0v) is 15.7. The highest BCUT2D eigenvalue weighted by Gasteiger charge is 2.20. The minimum absolute atomic E-state index is 0.0141. The smallest absolute Gasteiger partial charge is 0.332 e. The van der Waals surface area contributed by atoms with Crippen LogP contribution in [0.4, 0.5) is 0 Å². The first-order valence-electron chi connectivity index (χ1n) is 7.77. The minimum atomic E-state index is -0.515. The second kappa shape index (κ2) is 6.36. The Labute approximate surface area is 161 Å². The summed E-state index contributed by atoms with van der Waals surface area (Å²) in [5.41, 5.74) is -0.0407. The molecule has 0 unspecified atom stereocenters.